The van der Waals surface area contributed by atoms with Crippen LogP contribution in [0, 0.1) is 0 Å². The summed E-state index contributed by atoms with van der Waals surface area (Å²) in [4.78, 5) is 28.8. The van der Waals surface area contributed by atoms with Gasteiger partial charge in [0, 0.05) is 37.7 Å². The topological polar surface area (TPSA) is 79.3 Å². The largest absolute Gasteiger partial charge is 0.491 e. The molecule has 0 atom stereocenters. The highest BCUT2D eigenvalue weighted by Gasteiger charge is 2.21. The number of ether oxygens (including phenoxy) is 2. The molecule has 1 heterocycles. The fourth-order valence-corrected chi connectivity index (χ4v) is 4.65. The van der Waals surface area contributed by atoms with Crippen LogP contribution < -0.4 is 4.74 Å². The van der Waals surface area contributed by atoms with Crippen LogP contribution in [0.1, 0.15) is 46.5 Å². The quantitative estimate of drug-likeness (QED) is 0.515. The van der Waals surface area contributed by atoms with Gasteiger partial charge in [0.1, 0.15) is 18.9 Å². The fourth-order valence-electron chi connectivity index (χ4n) is 4.65. The molecule has 0 saturated heterocycles. The van der Waals surface area contributed by atoms with Gasteiger partial charge in [-0.3, -0.25) is 14.5 Å². The predicted octanol–water partition coefficient (Wildman–Crippen LogP) is 4.62. The predicted molar refractivity (Wildman–Crippen MR) is 146 cm³/mol. The molecule has 3 aromatic carbocycles. The minimum Gasteiger partial charge on any atom is -0.491 e. The lowest BCUT2D eigenvalue weighted by Gasteiger charge is -2.27. The molecule has 3 aromatic rings. The van der Waals surface area contributed by atoms with Crippen LogP contribution in [0.4, 0.5) is 0 Å². The van der Waals surface area contributed by atoms with Gasteiger partial charge in [-0.2, -0.15) is 0 Å². The Morgan fingerprint density at radius 3 is 2.50 bits per heavy atom. The zero-order valence-corrected chi connectivity index (χ0v) is 22.1. The average molecular weight is 517 g/mol. The lowest BCUT2D eigenvalue weighted by atomic mass is 9.99. The van der Waals surface area contributed by atoms with Crippen LogP contribution in [-0.2, 0) is 29.0 Å². The summed E-state index contributed by atoms with van der Waals surface area (Å²) in [7, 11) is 0. The van der Waals surface area contributed by atoms with Crippen LogP contribution in [0.2, 0.25) is 0 Å². The van der Waals surface area contributed by atoms with E-state index in [9.17, 15) is 14.7 Å². The molecule has 1 N–H and O–H groups in total. The molecule has 38 heavy (non-hydrogen) atoms. The van der Waals surface area contributed by atoms with Crippen molar-refractivity contribution in [2.75, 3.05) is 32.9 Å². The zero-order chi connectivity index (χ0) is 26.9. The first-order valence-corrected chi connectivity index (χ1v) is 13.1. The monoisotopic (exact) mass is 516 g/mol. The number of carboxylic acids is 1. The number of hydrogen-bond donors (Lipinski definition) is 1. The normalized spacial score (nSPS) is 14.7. The number of rotatable bonds is 6. The second-order valence-electron chi connectivity index (χ2n) is 9.88. The van der Waals surface area contributed by atoms with Crippen molar-refractivity contribution in [3.05, 3.63) is 101 Å². The number of amides is 1. The first kappa shape index (κ1) is 27.4. The lowest BCUT2D eigenvalue weighted by molar-refractivity contribution is -0.137. The number of aliphatic carboxylic acids is 1. The number of carboxylic acid groups (broad SMARTS) is 1. The molecule has 7 nitrogen and oxygen atoms in total. The second kappa shape index (κ2) is 13.2. The Hall–Kier alpha value is -3.68. The summed E-state index contributed by atoms with van der Waals surface area (Å²) in [6.45, 7) is 7.40. The number of benzene rings is 3. The van der Waals surface area contributed by atoms with Crippen molar-refractivity contribution in [2.45, 2.75) is 39.4 Å². The second-order valence-corrected chi connectivity index (χ2v) is 9.88. The Morgan fingerprint density at radius 1 is 0.947 bits per heavy atom. The van der Waals surface area contributed by atoms with E-state index in [0.29, 0.717) is 43.6 Å². The van der Waals surface area contributed by atoms with Gasteiger partial charge < -0.3 is 19.5 Å². The summed E-state index contributed by atoms with van der Waals surface area (Å²) in [6.07, 6.45) is 0.588. The summed E-state index contributed by atoms with van der Waals surface area (Å²) >= 11 is 0. The maximum absolute atomic E-state index is 13.5. The zero-order valence-electron chi connectivity index (χ0n) is 22.1. The van der Waals surface area contributed by atoms with Gasteiger partial charge in [0.05, 0.1) is 13.2 Å². The maximum Gasteiger partial charge on any atom is 0.323 e. The van der Waals surface area contributed by atoms with E-state index in [0.717, 1.165) is 29.8 Å². The van der Waals surface area contributed by atoms with Crippen LogP contribution in [0.15, 0.2) is 72.8 Å². The Balaban J connectivity index is 1.63. The molecule has 200 valence electrons. The molecular weight excluding hydrogens is 480 g/mol. The number of carbonyl (C=O) groups excluding carboxylic acids is 1. The minimum atomic E-state index is -1.05. The van der Waals surface area contributed by atoms with Crippen molar-refractivity contribution in [2.24, 2.45) is 0 Å². The van der Waals surface area contributed by atoms with Crippen molar-refractivity contribution in [1.29, 1.82) is 0 Å². The smallest absolute Gasteiger partial charge is 0.323 e. The van der Waals surface area contributed by atoms with Gasteiger partial charge in [0.15, 0.2) is 0 Å². The first-order chi connectivity index (χ1) is 18.4. The van der Waals surface area contributed by atoms with Crippen LogP contribution in [0.3, 0.4) is 0 Å². The Kier molecular flexibility index (Phi) is 9.51. The Labute approximate surface area is 224 Å². The van der Waals surface area contributed by atoms with Gasteiger partial charge in [-0.1, -0.05) is 54.6 Å². The van der Waals surface area contributed by atoms with Gasteiger partial charge in [-0.05, 0) is 54.3 Å². The van der Waals surface area contributed by atoms with Crippen molar-refractivity contribution < 1.29 is 24.2 Å². The lowest BCUT2D eigenvalue weighted by Crippen LogP contribution is -2.35. The van der Waals surface area contributed by atoms with Crippen molar-refractivity contribution in [1.82, 2.24) is 9.80 Å². The molecule has 1 aliphatic heterocycles. The molecule has 4 rings (SSSR count). The standard InChI is InChI=1S/C31H36N2O5/c1-23(2)32-13-14-37-15-16-38-29-12-11-27(19-28(29)18-25-9-6-10-26(17-25)21-32)31(36)33(22-30(34)35)20-24-7-4-3-5-8-24/h3-12,17,19,23H,13-16,18,20-22H2,1-2H3,(H,34,35). The Morgan fingerprint density at radius 2 is 1.74 bits per heavy atom. The molecule has 1 aliphatic rings. The Bertz CT molecular complexity index is 1230. The highest BCUT2D eigenvalue weighted by molar-refractivity contribution is 5.96. The van der Waals surface area contributed by atoms with E-state index < -0.39 is 5.97 Å². The van der Waals surface area contributed by atoms with Crippen LogP contribution in [0.25, 0.3) is 0 Å². The SMILES string of the molecule is CC(C)N1CCOCCOc2ccc(C(=O)N(CC(=O)O)Cc3ccccc3)cc2Cc2cccc(c2)C1. The van der Waals surface area contributed by atoms with E-state index >= 15 is 0 Å². The van der Waals surface area contributed by atoms with E-state index in [1.807, 2.05) is 36.4 Å². The van der Waals surface area contributed by atoms with Crippen molar-refractivity contribution >= 4 is 11.9 Å². The van der Waals surface area contributed by atoms with Crippen LogP contribution in [-0.4, -0.2) is 65.7 Å². The molecule has 0 aliphatic carbocycles. The third-order valence-corrected chi connectivity index (χ3v) is 6.65. The molecule has 0 fully saturated rings. The highest BCUT2D eigenvalue weighted by atomic mass is 16.5. The van der Waals surface area contributed by atoms with Crippen molar-refractivity contribution in [3.8, 4) is 5.75 Å². The van der Waals surface area contributed by atoms with E-state index in [4.69, 9.17) is 9.47 Å². The molecule has 2 bridgehead atoms. The molecule has 7 heteroatoms. The summed E-state index contributed by atoms with van der Waals surface area (Å²) in [5, 5.41) is 9.47. The van der Waals surface area contributed by atoms with Gasteiger partial charge in [-0.15, -0.1) is 0 Å². The number of carbonyl (C=O) groups is 2. The first-order valence-electron chi connectivity index (χ1n) is 13.1. The summed E-state index contributed by atoms with van der Waals surface area (Å²) in [6, 6.07) is 23.6. The molecule has 0 radical (unpaired) electrons. The van der Waals surface area contributed by atoms with Gasteiger partial charge >= 0.3 is 5.97 Å². The van der Waals surface area contributed by atoms with Crippen LogP contribution >= 0.6 is 0 Å². The molecule has 0 aromatic heterocycles. The summed E-state index contributed by atoms with van der Waals surface area (Å²) < 4.78 is 11.9. The highest BCUT2D eigenvalue weighted by Crippen LogP contribution is 2.26. The van der Waals surface area contributed by atoms with Gasteiger partial charge in [0.2, 0.25) is 0 Å². The average Bonchev–Trinajstić information content (AvgIpc) is 2.90. The number of hydrogen-bond acceptors (Lipinski definition) is 5. The fraction of sp³-hybridized carbons (Fsp3) is 0.355. The van der Waals surface area contributed by atoms with E-state index in [2.05, 4.69) is 43.0 Å². The van der Waals surface area contributed by atoms with Gasteiger partial charge in [0.25, 0.3) is 5.91 Å². The number of fused-ring (bicyclic) bond motifs is 3. The third-order valence-electron chi connectivity index (χ3n) is 6.65. The van der Waals surface area contributed by atoms with E-state index in [1.54, 1.807) is 12.1 Å². The van der Waals surface area contributed by atoms with Crippen molar-refractivity contribution in [3.63, 3.8) is 0 Å². The third kappa shape index (κ3) is 7.66. The summed E-state index contributed by atoms with van der Waals surface area (Å²) in [5.41, 5.74) is 4.53. The maximum atomic E-state index is 13.5. The molecule has 1 amide bonds. The van der Waals surface area contributed by atoms with Crippen LogP contribution in [0.5, 0.6) is 5.75 Å². The minimum absolute atomic E-state index is 0.214. The van der Waals surface area contributed by atoms with E-state index in [-0.39, 0.29) is 19.0 Å². The molecule has 0 spiro atoms. The van der Waals surface area contributed by atoms with Gasteiger partial charge in [-0.25, -0.2) is 0 Å². The molecule has 0 unspecified atom stereocenters. The van der Waals surface area contributed by atoms with E-state index in [1.165, 1.54) is 10.5 Å². The number of nitrogens with zero attached hydrogens (tertiary/aromatic N) is 2. The molecule has 0 saturated carbocycles. The molecular formula is C31H36N2O5. The summed E-state index contributed by atoms with van der Waals surface area (Å²) in [5.74, 6) is -0.685.